The quantitative estimate of drug-likeness (QED) is 0.811. The van der Waals surface area contributed by atoms with Crippen LogP contribution in [0, 0.1) is 0 Å². The van der Waals surface area contributed by atoms with Gasteiger partial charge in [0.15, 0.2) is 9.84 Å². The first-order valence-corrected chi connectivity index (χ1v) is 7.98. The second-order valence-electron chi connectivity index (χ2n) is 4.74. The predicted molar refractivity (Wildman–Crippen MR) is 75.4 cm³/mol. The molecule has 0 fully saturated rings. The second kappa shape index (κ2) is 5.20. The van der Waals surface area contributed by atoms with Crippen molar-refractivity contribution in [2.45, 2.75) is 24.8 Å². The number of sulfone groups is 1. The Balaban J connectivity index is 2.76. The summed E-state index contributed by atoms with van der Waals surface area (Å²) in [7, 11) is -3.60. The van der Waals surface area contributed by atoms with E-state index >= 15 is 0 Å². The van der Waals surface area contributed by atoms with Gasteiger partial charge >= 0.3 is 5.97 Å². The van der Waals surface area contributed by atoms with E-state index in [9.17, 15) is 13.2 Å². The number of carbonyl (C=O) groups excluding carboxylic acids is 1. The average Bonchev–Trinajstić information content (AvgIpc) is 2.35. The highest BCUT2D eigenvalue weighted by atomic mass is 32.2. The molecule has 20 heavy (non-hydrogen) atoms. The number of hydrogen-bond acceptors (Lipinski definition) is 5. The molecule has 0 aliphatic rings. The number of fused-ring (bicyclic) bond motifs is 1. The molecular formula is C14H15NO4S. The second-order valence-corrected chi connectivity index (χ2v) is 6.70. The zero-order chi connectivity index (χ0) is 14.9. The van der Waals surface area contributed by atoms with E-state index in [2.05, 4.69) is 4.98 Å². The van der Waals surface area contributed by atoms with Crippen molar-refractivity contribution in [1.29, 1.82) is 0 Å². The maximum absolute atomic E-state index is 12.1. The minimum atomic E-state index is -3.60. The molecule has 0 amide bonds. The van der Waals surface area contributed by atoms with Gasteiger partial charge in [-0.25, -0.2) is 13.2 Å². The molecule has 0 saturated carbocycles. The molecule has 0 aliphatic carbocycles. The van der Waals surface area contributed by atoms with E-state index in [-0.39, 0.29) is 22.1 Å². The zero-order valence-electron chi connectivity index (χ0n) is 11.5. The summed E-state index contributed by atoms with van der Waals surface area (Å²) in [6, 6.07) is 6.58. The lowest BCUT2D eigenvalue weighted by Gasteiger charge is -2.12. The number of nitrogens with zero attached hydrogens (tertiary/aromatic N) is 1. The van der Waals surface area contributed by atoms with Crippen molar-refractivity contribution in [3.05, 3.63) is 36.0 Å². The smallest absolute Gasteiger partial charge is 0.339 e. The SMILES string of the molecule is CC(C)OC(=O)c1ccc2cccnc2c1S(C)(=O)=O. The lowest BCUT2D eigenvalue weighted by Crippen LogP contribution is -2.16. The Morgan fingerprint density at radius 3 is 2.55 bits per heavy atom. The summed E-state index contributed by atoms with van der Waals surface area (Å²) >= 11 is 0. The van der Waals surface area contributed by atoms with Crippen LogP contribution in [0.25, 0.3) is 10.9 Å². The van der Waals surface area contributed by atoms with Crippen molar-refractivity contribution < 1.29 is 17.9 Å². The van der Waals surface area contributed by atoms with Crippen LogP contribution < -0.4 is 0 Å². The molecule has 0 aliphatic heterocycles. The van der Waals surface area contributed by atoms with Crippen LogP contribution in [0.4, 0.5) is 0 Å². The molecule has 0 unspecified atom stereocenters. The standard InChI is InChI=1S/C14H15NO4S/c1-9(2)19-14(16)11-7-6-10-5-4-8-15-12(10)13(11)20(3,17)18/h4-9H,1-3H3. The number of carbonyl (C=O) groups is 1. The van der Waals surface area contributed by atoms with Gasteiger partial charge < -0.3 is 4.74 Å². The molecule has 6 heteroatoms. The van der Waals surface area contributed by atoms with Crippen molar-refractivity contribution in [2.75, 3.05) is 6.26 Å². The molecule has 0 N–H and O–H groups in total. The van der Waals surface area contributed by atoms with E-state index in [1.807, 2.05) is 0 Å². The summed E-state index contributed by atoms with van der Waals surface area (Å²) in [5, 5.41) is 0.661. The van der Waals surface area contributed by atoms with E-state index in [0.717, 1.165) is 6.26 Å². The van der Waals surface area contributed by atoms with Gasteiger partial charge in [-0.15, -0.1) is 0 Å². The van der Waals surface area contributed by atoms with Gasteiger partial charge in [-0.05, 0) is 26.0 Å². The molecule has 0 saturated heterocycles. The molecular weight excluding hydrogens is 278 g/mol. The Hall–Kier alpha value is -1.95. The van der Waals surface area contributed by atoms with Gasteiger partial charge in [0.2, 0.25) is 0 Å². The minimum absolute atomic E-state index is 0.0207. The first-order valence-electron chi connectivity index (χ1n) is 6.09. The van der Waals surface area contributed by atoms with Gasteiger partial charge in [0.1, 0.15) is 4.90 Å². The van der Waals surface area contributed by atoms with Gasteiger partial charge in [0.25, 0.3) is 0 Å². The van der Waals surface area contributed by atoms with Crippen LogP contribution in [0.15, 0.2) is 35.4 Å². The third-order valence-electron chi connectivity index (χ3n) is 2.66. The third kappa shape index (κ3) is 2.80. The summed E-state index contributed by atoms with van der Waals surface area (Å²) in [5.41, 5.74) is 0.306. The molecule has 0 spiro atoms. The topological polar surface area (TPSA) is 73.3 Å². The fourth-order valence-electron chi connectivity index (χ4n) is 1.93. The Morgan fingerprint density at radius 1 is 1.25 bits per heavy atom. The lowest BCUT2D eigenvalue weighted by atomic mass is 10.1. The molecule has 2 aromatic rings. The first kappa shape index (κ1) is 14.5. The van der Waals surface area contributed by atoms with E-state index in [1.54, 1.807) is 32.0 Å². The van der Waals surface area contributed by atoms with Crippen molar-refractivity contribution in [1.82, 2.24) is 4.98 Å². The highest BCUT2D eigenvalue weighted by Gasteiger charge is 2.24. The van der Waals surface area contributed by atoms with Gasteiger partial charge in [-0.1, -0.05) is 12.1 Å². The van der Waals surface area contributed by atoms with Gasteiger partial charge in [-0.2, -0.15) is 0 Å². The minimum Gasteiger partial charge on any atom is -0.459 e. The van der Waals surface area contributed by atoms with Gasteiger partial charge in [0, 0.05) is 17.8 Å². The normalized spacial score (nSPS) is 11.8. The number of esters is 1. The van der Waals surface area contributed by atoms with E-state index < -0.39 is 15.8 Å². The molecule has 2 rings (SSSR count). The molecule has 1 heterocycles. The van der Waals surface area contributed by atoms with Crippen LogP contribution in [0.5, 0.6) is 0 Å². The van der Waals surface area contributed by atoms with Crippen LogP contribution in [-0.4, -0.2) is 31.7 Å². The fourth-order valence-corrected chi connectivity index (χ4v) is 3.00. The summed E-state index contributed by atoms with van der Waals surface area (Å²) < 4.78 is 29.1. The molecule has 0 bridgehead atoms. The van der Waals surface area contributed by atoms with E-state index in [0.29, 0.717) is 5.39 Å². The molecule has 1 aromatic carbocycles. The van der Waals surface area contributed by atoms with Crippen LogP contribution in [-0.2, 0) is 14.6 Å². The summed E-state index contributed by atoms with van der Waals surface area (Å²) in [6.45, 7) is 3.41. The van der Waals surface area contributed by atoms with Gasteiger partial charge in [0.05, 0.1) is 17.2 Å². The van der Waals surface area contributed by atoms with Crippen LogP contribution in [0.1, 0.15) is 24.2 Å². The zero-order valence-corrected chi connectivity index (χ0v) is 12.3. The van der Waals surface area contributed by atoms with Crippen molar-refractivity contribution in [3.8, 4) is 0 Å². The predicted octanol–water partition coefficient (Wildman–Crippen LogP) is 2.20. The largest absolute Gasteiger partial charge is 0.459 e. The maximum Gasteiger partial charge on any atom is 0.339 e. The Bertz CT molecular complexity index is 766. The van der Waals surface area contributed by atoms with Crippen LogP contribution in [0.2, 0.25) is 0 Å². The lowest BCUT2D eigenvalue weighted by molar-refractivity contribution is 0.0373. The monoisotopic (exact) mass is 293 g/mol. The number of rotatable bonds is 3. The van der Waals surface area contributed by atoms with Crippen molar-refractivity contribution >= 4 is 26.7 Å². The molecule has 0 atom stereocenters. The van der Waals surface area contributed by atoms with Crippen molar-refractivity contribution in [2.24, 2.45) is 0 Å². The summed E-state index contributed by atoms with van der Waals surface area (Å²) in [5.74, 6) is -0.659. The van der Waals surface area contributed by atoms with E-state index in [4.69, 9.17) is 4.74 Å². The fraction of sp³-hybridized carbons (Fsp3) is 0.286. The maximum atomic E-state index is 12.1. The van der Waals surface area contributed by atoms with Crippen LogP contribution >= 0.6 is 0 Å². The van der Waals surface area contributed by atoms with Crippen molar-refractivity contribution in [3.63, 3.8) is 0 Å². The Kier molecular flexibility index (Phi) is 3.76. The molecule has 106 valence electrons. The van der Waals surface area contributed by atoms with Crippen LogP contribution in [0.3, 0.4) is 0 Å². The number of hydrogen-bond donors (Lipinski definition) is 0. The molecule has 5 nitrogen and oxygen atoms in total. The number of benzene rings is 1. The van der Waals surface area contributed by atoms with E-state index in [1.165, 1.54) is 12.3 Å². The molecule has 0 radical (unpaired) electrons. The highest BCUT2D eigenvalue weighted by Crippen LogP contribution is 2.26. The highest BCUT2D eigenvalue weighted by molar-refractivity contribution is 7.91. The Morgan fingerprint density at radius 2 is 1.95 bits per heavy atom. The number of ether oxygens (including phenoxy) is 1. The number of aromatic nitrogens is 1. The average molecular weight is 293 g/mol. The summed E-state index contributed by atoms with van der Waals surface area (Å²) in [6.07, 6.45) is 2.23. The first-order chi connectivity index (χ1) is 9.30. The number of pyridine rings is 1. The Labute approximate surface area is 117 Å². The summed E-state index contributed by atoms with van der Waals surface area (Å²) in [4.78, 5) is 16.1. The third-order valence-corrected chi connectivity index (χ3v) is 3.82. The van der Waals surface area contributed by atoms with Gasteiger partial charge in [-0.3, -0.25) is 4.98 Å². The molecule has 1 aromatic heterocycles.